The second-order valence-electron chi connectivity index (χ2n) is 5.72. The molecule has 0 bridgehead atoms. The number of rotatable bonds is 4. The summed E-state index contributed by atoms with van der Waals surface area (Å²) in [6.45, 7) is 2.22. The molecule has 2 aliphatic carbocycles. The molecular formula is C14H27ClN2OS. The standard InChI is InChI=1S/C14H26N2OS.ClH/c1-2-18-13-5-3-4-12(9-13)16-14(17)10-6-7-11(15)8-10;/h10-13H,2-9,15H2,1H3,(H,16,17);1H. The second-order valence-corrected chi connectivity index (χ2v) is 7.30. The number of thioether (sulfide) groups is 1. The summed E-state index contributed by atoms with van der Waals surface area (Å²) in [5.41, 5.74) is 5.87. The van der Waals surface area contributed by atoms with E-state index in [4.69, 9.17) is 5.73 Å². The molecule has 3 N–H and O–H groups in total. The third kappa shape index (κ3) is 5.16. The molecule has 0 radical (unpaired) electrons. The SMILES string of the molecule is CCSC1CCCC(NC(=O)C2CCC(N)C2)C1.Cl. The Morgan fingerprint density at radius 1 is 1.26 bits per heavy atom. The first kappa shape index (κ1) is 17.1. The molecule has 0 heterocycles. The van der Waals surface area contributed by atoms with Crippen molar-refractivity contribution in [3.05, 3.63) is 0 Å². The van der Waals surface area contributed by atoms with Gasteiger partial charge in [-0.05, 0) is 44.3 Å². The van der Waals surface area contributed by atoms with Gasteiger partial charge >= 0.3 is 0 Å². The van der Waals surface area contributed by atoms with Gasteiger partial charge in [0.1, 0.15) is 0 Å². The summed E-state index contributed by atoms with van der Waals surface area (Å²) >= 11 is 2.04. The van der Waals surface area contributed by atoms with Gasteiger partial charge in [0, 0.05) is 23.3 Å². The van der Waals surface area contributed by atoms with E-state index in [0.29, 0.717) is 6.04 Å². The predicted octanol–water partition coefficient (Wildman–Crippen LogP) is 2.72. The van der Waals surface area contributed by atoms with E-state index in [-0.39, 0.29) is 30.3 Å². The minimum Gasteiger partial charge on any atom is -0.353 e. The fourth-order valence-corrected chi connectivity index (χ4v) is 4.41. The number of carbonyl (C=O) groups is 1. The van der Waals surface area contributed by atoms with Crippen molar-refractivity contribution in [3.63, 3.8) is 0 Å². The van der Waals surface area contributed by atoms with Gasteiger partial charge < -0.3 is 11.1 Å². The highest BCUT2D eigenvalue weighted by atomic mass is 35.5. The Bertz CT molecular complexity index is 289. The zero-order valence-corrected chi connectivity index (χ0v) is 13.4. The average Bonchev–Trinajstić information content (AvgIpc) is 2.77. The molecule has 1 amide bonds. The quantitative estimate of drug-likeness (QED) is 0.839. The van der Waals surface area contributed by atoms with Gasteiger partial charge in [-0.15, -0.1) is 12.4 Å². The summed E-state index contributed by atoms with van der Waals surface area (Å²) in [5, 5.41) is 4.01. The van der Waals surface area contributed by atoms with Crippen molar-refractivity contribution < 1.29 is 4.79 Å². The van der Waals surface area contributed by atoms with E-state index in [0.717, 1.165) is 37.4 Å². The molecule has 0 aromatic rings. The fraction of sp³-hybridized carbons (Fsp3) is 0.929. The summed E-state index contributed by atoms with van der Waals surface area (Å²) in [4.78, 5) is 12.2. The first-order chi connectivity index (χ1) is 8.69. The molecule has 19 heavy (non-hydrogen) atoms. The van der Waals surface area contributed by atoms with Crippen molar-refractivity contribution in [1.82, 2.24) is 5.32 Å². The first-order valence-electron chi connectivity index (χ1n) is 7.36. The van der Waals surface area contributed by atoms with Gasteiger partial charge in [-0.2, -0.15) is 11.8 Å². The Hall–Kier alpha value is 0.0700. The van der Waals surface area contributed by atoms with Crippen LogP contribution in [0.25, 0.3) is 0 Å². The highest BCUT2D eigenvalue weighted by Gasteiger charge is 2.30. The molecule has 0 spiro atoms. The van der Waals surface area contributed by atoms with Crippen LogP contribution in [0, 0.1) is 5.92 Å². The van der Waals surface area contributed by atoms with Crippen molar-refractivity contribution in [2.75, 3.05) is 5.75 Å². The van der Waals surface area contributed by atoms with E-state index in [2.05, 4.69) is 12.2 Å². The Morgan fingerprint density at radius 2 is 2.05 bits per heavy atom. The van der Waals surface area contributed by atoms with Crippen molar-refractivity contribution in [2.24, 2.45) is 11.7 Å². The first-order valence-corrected chi connectivity index (χ1v) is 8.41. The zero-order valence-electron chi connectivity index (χ0n) is 11.8. The highest BCUT2D eigenvalue weighted by Crippen LogP contribution is 2.29. The van der Waals surface area contributed by atoms with Gasteiger partial charge in [0.25, 0.3) is 0 Å². The number of hydrogen-bond acceptors (Lipinski definition) is 3. The lowest BCUT2D eigenvalue weighted by Crippen LogP contribution is -2.41. The van der Waals surface area contributed by atoms with Gasteiger partial charge in [0.2, 0.25) is 5.91 Å². The Morgan fingerprint density at radius 3 is 2.68 bits per heavy atom. The summed E-state index contributed by atoms with van der Waals surface area (Å²) in [6, 6.07) is 0.655. The molecule has 0 aromatic heterocycles. The van der Waals surface area contributed by atoms with Crippen molar-refractivity contribution in [3.8, 4) is 0 Å². The molecule has 2 saturated carbocycles. The van der Waals surface area contributed by atoms with Gasteiger partial charge in [-0.3, -0.25) is 4.79 Å². The fourth-order valence-electron chi connectivity index (χ4n) is 3.24. The molecule has 0 aliphatic heterocycles. The smallest absolute Gasteiger partial charge is 0.223 e. The largest absolute Gasteiger partial charge is 0.353 e. The molecule has 2 fully saturated rings. The van der Waals surface area contributed by atoms with Crippen LogP contribution in [0.3, 0.4) is 0 Å². The number of carbonyl (C=O) groups excluding carboxylic acids is 1. The van der Waals surface area contributed by atoms with Crippen molar-refractivity contribution in [2.45, 2.75) is 69.2 Å². The monoisotopic (exact) mass is 306 g/mol. The molecule has 5 heteroatoms. The Labute approximate surface area is 127 Å². The molecule has 0 aromatic carbocycles. The van der Waals surface area contributed by atoms with Crippen LogP contribution in [0.4, 0.5) is 0 Å². The second kappa shape index (κ2) is 8.38. The van der Waals surface area contributed by atoms with Crippen LogP contribution in [0.2, 0.25) is 0 Å². The molecular weight excluding hydrogens is 280 g/mol. The number of halogens is 1. The topological polar surface area (TPSA) is 55.1 Å². The average molecular weight is 307 g/mol. The van der Waals surface area contributed by atoms with E-state index < -0.39 is 0 Å². The van der Waals surface area contributed by atoms with Gasteiger partial charge in [-0.25, -0.2) is 0 Å². The van der Waals surface area contributed by atoms with Crippen molar-refractivity contribution in [1.29, 1.82) is 0 Å². The van der Waals surface area contributed by atoms with Crippen LogP contribution in [0.15, 0.2) is 0 Å². The molecule has 2 rings (SSSR count). The number of nitrogens with two attached hydrogens (primary N) is 1. The summed E-state index contributed by atoms with van der Waals surface area (Å²) in [6.07, 6.45) is 7.76. The van der Waals surface area contributed by atoms with E-state index >= 15 is 0 Å². The molecule has 4 atom stereocenters. The molecule has 112 valence electrons. The number of nitrogens with one attached hydrogen (secondary N) is 1. The maximum Gasteiger partial charge on any atom is 0.223 e. The van der Waals surface area contributed by atoms with Crippen LogP contribution >= 0.6 is 24.2 Å². The Kier molecular flexibility index (Phi) is 7.55. The van der Waals surface area contributed by atoms with Crippen LogP contribution in [0.5, 0.6) is 0 Å². The zero-order chi connectivity index (χ0) is 13.0. The van der Waals surface area contributed by atoms with Crippen LogP contribution < -0.4 is 11.1 Å². The predicted molar refractivity (Wildman–Crippen MR) is 84.9 cm³/mol. The molecule has 4 unspecified atom stereocenters. The van der Waals surface area contributed by atoms with Gasteiger partial charge in [0.05, 0.1) is 0 Å². The maximum absolute atomic E-state index is 12.2. The summed E-state index contributed by atoms with van der Waals surface area (Å²) < 4.78 is 0. The van der Waals surface area contributed by atoms with Crippen molar-refractivity contribution >= 4 is 30.1 Å². The summed E-state index contributed by atoms with van der Waals surface area (Å²) in [7, 11) is 0. The minimum atomic E-state index is 0. The number of amides is 1. The van der Waals surface area contributed by atoms with Gasteiger partial charge in [-0.1, -0.05) is 13.3 Å². The van der Waals surface area contributed by atoms with E-state index in [9.17, 15) is 4.79 Å². The summed E-state index contributed by atoms with van der Waals surface area (Å²) in [5.74, 6) is 1.62. The van der Waals surface area contributed by atoms with E-state index in [1.54, 1.807) is 0 Å². The van der Waals surface area contributed by atoms with Gasteiger partial charge in [0.15, 0.2) is 0 Å². The minimum absolute atomic E-state index is 0. The van der Waals surface area contributed by atoms with E-state index in [1.807, 2.05) is 11.8 Å². The Balaban J connectivity index is 0.00000180. The highest BCUT2D eigenvalue weighted by molar-refractivity contribution is 7.99. The van der Waals surface area contributed by atoms with Crippen LogP contribution in [-0.4, -0.2) is 29.0 Å². The van der Waals surface area contributed by atoms with E-state index in [1.165, 1.54) is 18.6 Å². The lowest BCUT2D eigenvalue weighted by Gasteiger charge is -2.30. The lowest BCUT2D eigenvalue weighted by atomic mass is 9.94. The van der Waals surface area contributed by atoms with Crippen LogP contribution in [-0.2, 0) is 4.79 Å². The molecule has 2 aliphatic rings. The third-order valence-corrected chi connectivity index (χ3v) is 5.45. The third-order valence-electron chi connectivity index (χ3n) is 4.22. The van der Waals surface area contributed by atoms with Crippen LogP contribution in [0.1, 0.15) is 51.9 Å². The molecule has 3 nitrogen and oxygen atoms in total. The maximum atomic E-state index is 12.2. The number of hydrogen-bond donors (Lipinski definition) is 2. The molecule has 0 saturated heterocycles. The normalized spacial score (nSPS) is 34.6. The lowest BCUT2D eigenvalue weighted by molar-refractivity contribution is -0.125.